The van der Waals surface area contributed by atoms with E-state index in [1.807, 2.05) is 4.68 Å². The van der Waals surface area contributed by atoms with Crippen molar-refractivity contribution in [3.8, 4) is 0 Å². The number of piperazine rings is 1. The predicted octanol–water partition coefficient (Wildman–Crippen LogP) is 2.53. The highest BCUT2D eigenvalue weighted by atomic mass is 15.6. The maximum absolute atomic E-state index is 4.31. The molecule has 0 N–H and O–H groups in total. The Morgan fingerprint density at radius 2 is 1.74 bits per heavy atom. The van der Waals surface area contributed by atoms with E-state index in [2.05, 4.69) is 76.4 Å². The molecule has 2 aromatic rings. The van der Waals surface area contributed by atoms with Gasteiger partial charge in [-0.3, -0.25) is 4.90 Å². The number of tetrazole rings is 1. The van der Waals surface area contributed by atoms with Crippen LogP contribution in [0.3, 0.4) is 0 Å². The van der Waals surface area contributed by atoms with Crippen molar-refractivity contribution >= 4 is 5.69 Å². The number of benzene rings is 1. The van der Waals surface area contributed by atoms with Gasteiger partial charge in [0, 0.05) is 31.9 Å². The fourth-order valence-electron chi connectivity index (χ4n) is 3.32. The summed E-state index contributed by atoms with van der Waals surface area (Å²) in [5.74, 6) is 0.996. The van der Waals surface area contributed by atoms with Gasteiger partial charge in [-0.2, -0.15) is 0 Å². The van der Waals surface area contributed by atoms with Crippen LogP contribution in [-0.2, 0) is 0 Å². The number of hydrogen-bond donors (Lipinski definition) is 0. The van der Waals surface area contributed by atoms with Crippen LogP contribution in [0.4, 0.5) is 5.69 Å². The first-order valence-corrected chi connectivity index (χ1v) is 8.52. The van der Waals surface area contributed by atoms with Crippen LogP contribution in [0, 0.1) is 0 Å². The SMILES string of the molecule is CCC(c1nnnn1C(C)C)N1CCN(c2ccccc2)CC1. The van der Waals surface area contributed by atoms with Crippen LogP contribution in [0.15, 0.2) is 30.3 Å². The lowest BCUT2D eigenvalue weighted by Crippen LogP contribution is -2.48. The zero-order chi connectivity index (χ0) is 16.2. The van der Waals surface area contributed by atoms with E-state index < -0.39 is 0 Å². The summed E-state index contributed by atoms with van der Waals surface area (Å²) in [6.07, 6.45) is 1.03. The van der Waals surface area contributed by atoms with Crippen molar-refractivity contribution in [3.05, 3.63) is 36.2 Å². The summed E-state index contributed by atoms with van der Waals surface area (Å²) in [5, 5.41) is 12.4. The molecule has 0 amide bonds. The highest BCUT2D eigenvalue weighted by Gasteiger charge is 2.28. The van der Waals surface area contributed by atoms with Crippen molar-refractivity contribution < 1.29 is 0 Å². The van der Waals surface area contributed by atoms with Crippen molar-refractivity contribution in [1.29, 1.82) is 0 Å². The maximum atomic E-state index is 4.31. The molecule has 6 nitrogen and oxygen atoms in total. The monoisotopic (exact) mass is 314 g/mol. The van der Waals surface area contributed by atoms with E-state index in [-0.39, 0.29) is 0 Å². The molecule has 1 unspecified atom stereocenters. The third-order valence-corrected chi connectivity index (χ3v) is 4.57. The van der Waals surface area contributed by atoms with Crippen LogP contribution in [0.5, 0.6) is 0 Å². The van der Waals surface area contributed by atoms with Gasteiger partial charge in [-0.1, -0.05) is 25.1 Å². The summed E-state index contributed by atoms with van der Waals surface area (Å²) >= 11 is 0. The van der Waals surface area contributed by atoms with Gasteiger partial charge in [0.1, 0.15) is 0 Å². The first kappa shape index (κ1) is 15.9. The van der Waals surface area contributed by atoms with Gasteiger partial charge >= 0.3 is 0 Å². The Bertz CT molecular complexity index is 601. The molecule has 0 aliphatic carbocycles. The van der Waals surface area contributed by atoms with Crippen LogP contribution in [0.25, 0.3) is 0 Å². The molecule has 0 saturated carbocycles. The lowest BCUT2D eigenvalue weighted by molar-refractivity contribution is 0.167. The Kier molecular flexibility index (Phi) is 4.91. The Morgan fingerprint density at radius 1 is 1.04 bits per heavy atom. The van der Waals surface area contributed by atoms with E-state index in [4.69, 9.17) is 0 Å². The van der Waals surface area contributed by atoms with Gasteiger partial charge in [-0.15, -0.1) is 5.10 Å². The van der Waals surface area contributed by atoms with E-state index in [0.29, 0.717) is 12.1 Å². The van der Waals surface area contributed by atoms with E-state index in [0.717, 1.165) is 38.4 Å². The number of aromatic nitrogens is 4. The fourth-order valence-corrected chi connectivity index (χ4v) is 3.32. The Morgan fingerprint density at radius 3 is 2.35 bits per heavy atom. The van der Waals surface area contributed by atoms with Gasteiger partial charge in [0.15, 0.2) is 5.82 Å². The molecule has 3 rings (SSSR count). The third kappa shape index (κ3) is 3.37. The molecule has 0 spiro atoms. The van der Waals surface area contributed by atoms with Crippen molar-refractivity contribution in [1.82, 2.24) is 25.1 Å². The quantitative estimate of drug-likeness (QED) is 0.849. The molecule has 1 aliphatic rings. The molecule has 1 aliphatic heterocycles. The minimum absolute atomic E-state index is 0.291. The van der Waals surface area contributed by atoms with Crippen molar-refractivity contribution in [3.63, 3.8) is 0 Å². The number of nitrogens with zero attached hydrogens (tertiary/aromatic N) is 6. The van der Waals surface area contributed by atoms with Gasteiger partial charge in [-0.05, 0) is 42.8 Å². The Labute approximate surface area is 138 Å². The topological polar surface area (TPSA) is 50.1 Å². The van der Waals surface area contributed by atoms with Gasteiger partial charge in [0.25, 0.3) is 0 Å². The lowest BCUT2D eigenvalue weighted by Gasteiger charge is -2.39. The first-order valence-electron chi connectivity index (χ1n) is 8.52. The molecule has 124 valence electrons. The minimum atomic E-state index is 0.291. The van der Waals surface area contributed by atoms with Crippen molar-refractivity contribution in [2.75, 3.05) is 31.1 Å². The molecule has 1 fully saturated rings. The number of para-hydroxylation sites is 1. The average Bonchev–Trinajstić information content (AvgIpc) is 3.07. The van der Waals surface area contributed by atoms with Crippen molar-refractivity contribution in [2.24, 2.45) is 0 Å². The minimum Gasteiger partial charge on any atom is -0.369 e. The van der Waals surface area contributed by atoms with Gasteiger partial charge < -0.3 is 4.90 Å². The molecule has 0 bridgehead atoms. The fraction of sp³-hybridized carbons (Fsp3) is 0.588. The smallest absolute Gasteiger partial charge is 0.168 e. The maximum Gasteiger partial charge on any atom is 0.168 e. The molecular weight excluding hydrogens is 288 g/mol. The second-order valence-corrected chi connectivity index (χ2v) is 6.36. The molecule has 1 aromatic heterocycles. The van der Waals surface area contributed by atoms with Crippen molar-refractivity contribution in [2.45, 2.75) is 39.3 Å². The first-order chi connectivity index (χ1) is 11.2. The highest BCUT2D eigenvalue weighted by molar-refractivity contribution is 5.46. The Balaban J connectivity index is 1.69. The Hall–Kier alpha value is -1.95. The van der Waals surface area contributed by atoms with Crippen LogP contribution in [0.1, 0.15) is 45.1 Å². The summed E-state index contributed by atoms with van der Waals surface area (Å²) in [6, 6.07) is 11.2. The molecular formula is C17H26N6. The number of hydrogen-bond acceptors (Lipinski definition) is 5. The summed E-state index contributed by atoms with van der Waals surface area (Å²) in [4.78, 5) is 4.97. The largest absolute Gasteiger partial charge is 0.369 e. The van der Waals surface area contributed by atoms with E-state index >= 15 is 0 Å². The van der Waals surface area contributed by atoms with E-state index in [1.54, 1.807) is 0 Å². The zero-order valence-corrected chi connectivity index (χ0v) is 14.3. The number of anilines is 1. The molecule has 0 radical (unpaired) electrons. The average molecular weight is 314 g/mol. The summed E-state index contributed by atoms with van der Waals surface area (Å²) in [6.45, 7) is 10.6. The van der Waals surface area contributed by atoms with Gasteiger partial charge in [-0.25, -0.2) is 4.68 Å². The molecule has 1 aromatic carbocycles. The molecule has 23 heavy (non-hydrogen) atoms. The number of rotatable bonds is 5. The molecule has 6 heteroatoms. The van der Waals surface area contributed by atoms with Gasteiger partial charge in [0.05, 0.1) is 12.1 Å². The van der Waals surface area contributed by atoms with E-state index in [9.17, 15) is 0 Å². The normalized spacial score (nSPS) is 17.7. The van der Waals surface area contributed by atoms with Crippen LogP contribution < -0.4 is 4.90 Å². The standard InChI is InChI=1S/C17H26N6/c1-4-16(17-18-19-20-23(17)14(2)3)22-12-10-21(11-13-22)15-8-6-5-7-9-15/h5-9,14,16H,4,10-13H2,1-3H3. The predicted molar refractivity (Wildman–Crippen MR) is 91.5 cm³/mol. The molecule has 1 saturated heterocycles. The summed E-state index contributed by atoms with van der Waals surface area (Å²) < 4.78 is 1.96. The molecule has 1 atom stereocenters. The zero-order valence-electron chi connectivity index (χ0n) is 14.3. The van der Waals surface area contributed by atoms with Crippen LogP contribution in [-0.4, -0.2) is 51.3 Å². The highest BCUT2D eigenvalue weighted by Crippen LogP contribution is 2.26. The summed E-state index contributed by atoms with van der Waals surface area (Å²) in [7, 11) is 0. The van der Waals surface area contributed by atoms with Crippen LogP contribution >= 0.6 is 0 Å². The summed E-state index contributed by atoms with van der Waals surface area (Å²) in [5.41, 5.74) is 1.31. The lowest BCUT2D eigenvalue weighted by atomic mass is 10.1. The molecule has 2 heterocycles. The second kappa shape index (κ2) is 7.08. The van der Waals surface area contributed by atoms with Gasteiger partial charge in [0.2, 0.25) is 0 Å². The third-order valence-electron chi connectivity index (χ3n) is 4.57. The second-order valence-electron chi connectivity index (χ2n) is 6.36. The van der Waals surface area contributed by atoms with Crippen LogP contribution in [0.2, 0.25) is 0 Å². The van der Waals surface area contributed by atoms with E-state index in [1.165, 1.54) is 5.69 Å².